The van der Waals surface area contributed by atoms with Crippen molar-refractivity contribution in [1.82, 2.24) is 14.7 Å². The van der Waals surface area contributed by atoms with Crippen molar-refractivity contribution in [2.45, 2.75) is 52.2 Å². The van der Waals surface area contributed by atoms with Crippen molar-refractivity contribution in [3.05, 3.63) is 29.8 Å². The molecule has 0 aromatic heterocycles. The Balaban J connectivity index is 1.47. The summed E-state index contributed by atoms with van der Waals surface area (Å²) in [5.74, 6) is 0.199. The molecule has 2 saturated heterocycles. The summed E-state index contributed by atoms with van der Waals surface area (Å²) in [6.07, 6.45) is 1.41. The summed E-state index contributed by atoms with van der Waals surface area (Å²) in [5, 5.41) is 13.0. The molecule has 2 aliphatic rings. The summed E-state index contributed by atoms with van der Waals surface area (Å²) in [6, 6.07) is 7.90. The molecule has 0 bridgehead atoms. The molecule has 1 aromatic carbocycles. The molecule has 166 valence electrons. The molecule has 7 nitrogen and oxygen atoms in total. The van der Waals surface area contributed by atoms with Crippen LogP contribution in [0.15, 0.2) is 24.3 Å². The van der Waals surface area contributed by atoms with Gasteiger partial charge in [-0.1, -0.05) is 12.1 Å². The van der Waals surface area contributed by atoms with Gasteiger partial charge in [0.25, 0.3) is 0 Å². The zero-order valence-electron chi connectivity index (χ0n) is 18.7. The van der Waals surface area contributed by atoms with Crippen LogP contribution in [-0.4, -0.2) is 82.7 Å². The number of aryl methyl sites for hydroxylation is 1. The van der Waals surface area contributed by atoms with Gasteiger partial charge in [0.05, 0.1) is 5.60 Å². The topological polar surface area (TPSA) is 76.1 Å². The maximum atomic E-state index is 13.0. The lowest BCUT2D eigenvalue weighted by molar-refractivity contribution is -0.140. The van der Waals surface area contributed by atoms with Crippen molar-refractivity contribution < 1.29 is 14.7 Å². The fourth-order valence-corrected chi connectivity index (χ4v) is 4.44. The van der Waals surface area contributed by atoms with Gasteiger partial charge in [0.1, 0.15) is 0 Å². The van der Waals surface area contributed by atoms with E-state index in [0.29, 0.717) is 45.6 Å². The first-order valence-corrected chi connectivity index (χ1v) is 11.0. The lowest BCUT2D eigenvalue weighted by Gasteiger charge is -2.43. The number of β-amino-alcohol motifs (C(OH)–C–C–N with tert-alkyl or cyclic N) is 1. The Hall–Kier alpha value is -2.12. The van der Waals surface area contributed by atoms with Crippen LogP contribution in [0.1, 0.15) is 39.2 Å². The summed E-state index contributed by atoms with van der Waals surface area (Å²) < 4.78 is 0. The molecule has 1 atom stereocenters. The van der Waals surface area contributed by atoms with Crippen LogP contribution in [0.2, 0.25) is 0 Å². The molecule has 0 unspecified atom stereocenters. The number of benzene rings is 1. The minimum absolute atomic E-state index is 0.0129. The number of nitrogens with zero attached hydrogens (tertiary/aromatic N) is 3. The molecule has 7 heteroatoms. The number of anilines is 1. The van der Waals surface area contributed by atoms with E-state index in [0.717, 1.165) is 17.8 Å². The van der Waals surface area contributed by atoms with Crippen molar-refractivity contribution in [2.24, 2.45) is 5.92 Å². The molecule has 0 aliphatic carbocycles. The number of piperidine rings is 1. The highest BCUT2D eigenvalue weighted by Gasteiger charge is 2.34. The van der Waals surface area contributed by atoms with Crippen LogP contribution < -0.4 is 5.32 Å². The van der Waals surface area contributed by atoms with Crippen molar-refractivity contribution in [3.63, 3.8) is 0 Å². The Labute approximate surface area is 180 Å². The average Bonchev–Trinajstić information content (AvgIpc) is 2.68. The molecule has 2 fully saturated rings. The van der Waals surface area contributed by atoms with Crippen molar-refractivity contribution in [1.29, 1.82) is 0 Å². The quantitative estimate of drug-likeness (QED) is 0.791. The Morgan fingerprint density at radius 1 is 1.13 bits per heavy atom. The molecule has 0 saturated carbocycles. The van der Waals surface area contributed by atoms with E-state index in [1.165, 1.54) is 0 Å². The molecule has 2 aliphatic heterocycles. The second kappa shape index (κ2) is 9.35. The third-order valence-corrected chi connectivity index (χ3v) is 6.07. The monoisotopic (exact) mass is 416 g/mol. The van der Waals surface area contributed by atoms with Gasteiger partial charge in [-0.25, -0.2) is 4.79 Å². The lowest BCUT2D eigenvalue weighted by Crippen LogP contribution is -2.57. The second-order valence-electron chi connectivity index (χ2n) is 9.48. The van der Waals surface area contributed by atoms with E-state index in [-0.39, 0.29) is 23.9 Å². The van der Waals surface area contributed by atoms with Crippen molar-refractivity contribution in [3.8, 4) is 0 Å². The molecular formula is C23H36N4O3. The van der Waals surface area contributed by atoms with Crippen LogP contribution in [0, 0.1) is 12.8 Å². The summed E-state index contributed by atoms with van der Waals surface area (Å²) >= 11 is 0. The summed E-state index contributed by atoms with van der Waals surface area (Å²) in [6.45, 7) is 11.8. The first kappa shape index (κ1) is 22.6. The van der Waals surface area contributed by atoms with Gasteiger partial charge >= 0.3 is 6.03 Å². The third-order valence-electron chi connectivity index (χ3n) is 6.07. The molecule has 3 amide bonds. The first-order valence-electron chi connectivity index (χ1n) is 11.0. The summed E-state index contributed by atoms with van der Waals surface area (Å²) in [4.78, 5) is 31.6. The van der Waals surface area contributed by atoms with Crippen LogP contribution in [-0.2, 0) is 4.79 Å². The van der Waals surface area contributed by atoms with E-state index < -0.39 is 5.60 Å². The summed E-state index contributed by atoms with van der Waals surface area (Å²) in [7, 11) is 0. The van der Waals surface area contributed by atoms with Gasteiger partial charge in [-0.15, -0.1) is 0 Å². The number of urea groups is 1. The van der Waals surface area contributed by atoms with Crippen LogP contribution >= 0.6 is 0 Å². The third kappa shape index (κ3) is 5.95. The normalized spacial score (nSPS) is 21.6. The Bertz CT molecular complexity index is 753. The van der Waals surface area contributed by atoms with E-state index >= 15 is 0 Å². The van der Waals surface area contributed by atoms with Crippen LogP contribution in [0.25, 0.3) is 0 Å². The molecule has 2 N–H and O–H groups in total. The zero-order chi connectivity index (χ0) is 21.9. The van der Waals surface area contributed by atoms with E-state index in [4.69, 9.17) is 0 Å². The first-order chi connectivity index (χ1) is 14.1. The number of carbonyl (C=O) groups is 2. The highest BCUT2D eigenvalue weighted by molar-refractivity contribution is 5.89. The minimum atomic E-state index is -0.730. The number of hydrogen-bond donors (Lipinski definition) is 2. The molecule has 3 rings (SSSR count). The van der Waals surface area contributed by atoms with Crippen LogP contribution in [0.3, 0.4) is 0 Å². The number of hydrogen-bond acceptors (Lipinski definition) is 4. The number of carbonyl (C=O) groups excluding carboxylic acids is 2. The highest BCUT2D eigenvalue weighted by atomic mass is 16.3. The number of nitrogens with one attached hydrogen (secondary N) is 1. The van der Waals surface area contributed by atoms with Gasteiger partial charge in [0.2, 0.25) is 5.91 Å². The maximum Gasteiger partial charge on any atom is 0.321 e. The number of likely N-dealkylation sites (tertiary alicyclic amines) is 1. The average molecular weight is 417 g/mol. The van der Waals surface area contributed by atoms with Crippen molar-refractivity contribution >= 4 is 17.6 Å². The van der Waals surface area contributed by atoms with E-state index in [2.05, 4.69) is 17.1 Å². The standard InChI is InChI=1S/C23H36N4O3/c1-17-6-5-7-20(14-17)24-22(29)25-10-8-19(9-11-25)21(28)26-12-13-27(18(2)15-26)16-23(3,4)30/h5-7,14,18-19,30H,8-13,15-16H2,1-4H3,(H,24,29)/t18-/m0/s1. The maximum absolute atomic E-state index is 13.0. The van der Waals surface area contributed by atoms with E-state index in [1.807, 2.05) is 49.9 Å². The van der Waals surface area contributed by atoms with Gasteiger partial charge in [-0.3, -0.25) is 9.69 Å². The van der Waals surface area contributed by atoms with E-state index in [1.54, 1.807) is 4.90 Å². The predicted molar refractivity (Wildman–Crippen MR) is 118 cm³/mol. The molecule has 0 radical (unpaired) electrons. The Kier molecular flexibility index (Phi) is 7.03. The number of amides is 3. The SMILES string of the molecule is Cc1cccc(NC(=O)N2CCC(C(=O)N3CCN(CC(C)(C)O)[C@@H](C)C3)CC2)c1. The second-order valence-corrected chi connectivity index (χ2v) is 9.48. The molecular weight excluding hydrogens is 380 g/mol. The van der Waals surface area contributed by atoms with Gasteiger partial charge < -0.3 is 20.2 Å². The van der Waals surface area contributed by atoms with Gasteiger partial charge in [0, 0.05) is 56.9 Å². The summed E-state index contributed by atoms with van der Waals surface area (Å²) in [5.41, 5.74) is 1.18. The van der Waals surface area contributed by atoms with Gasteiger partial charge in [-0.2, -0.15) is 0 Å². The van der Waals surface area contributed by atoms with Crippen LogP contribution in [0.4, 0.5) is 10.5 Å². The van der Waals surface area contributed by atoms with Gasteiger partial charge in [-0.05, 0) is 58.2 Å². The molecule has 1 aromatic rings. The Morgan fingerprint density at radius 2 is 1.83 bits per heavy atom. The Morgan fingerprint density at radius 3 is 2.43 bits per heavy atom. The fraction of sp³-hybridized carbons (Fsp3) is 0.652. The van der Waals surface area contributed by atoms with Crippen LogP contribution in [0.5, 0.6) is 0 Å². The van der Waals surface area contributed by atoms with Gasteiger partial charge in [0.15, 0.2) is 0 Å². The van der Waals surface area contributed by atoms with Crippen molar-refractivity contribution in [2.75, 3.05) is 44.6 Å². The number of aliphatic hydroxyl groups is 1. The number of rotatable bonds is 4. The number of piperazine rings is 1. The zero-order valence-corrected chi connectivity index (χ0v) is 18.7. The largest absolute Gasteiger partial charge is 0.389 e. The smallest absolute Gasteiger partial charge is 0.321 e. The van der Waals surface area contributed by atoms with E-state index in [9.17, 15) is 14.7 Å². The molecule has 0 spiro atoms. The highest BCUT2D eigenvalue weighted by Crippen LogP contribution is 2.23. The minimum Gasteiger partial charge on any atom is -0.389 e. The predicted octanol–water partition coefficient (Wildman–Crippen LogP) is 2.54. The lowest BCUT2D eigenvalue weighted by atomic mass is 9.94. The fourth-order valence-electron chi connectivity index (χ4n) is 4.44. The molecule has 30 heavy (non-hydrogen) atoms. The molecule has 2 heterocycles.